The summed E-state index contributed by atoms with van der Waals surface area (Å²) in [4.78, 5) is 13.1. The molecule has 6 nitrogen and oxygen atoms in total. The van der Waals surface area contributed by atoms with Crippen molar-refractivity contribution in [3.05, 3.63) is 94.0 Å². The van der Waals surface area contributed by atoms with Crippen LogP contribution in [-0.4, -0.2) is 31.4 Å². The summed E-state index contributed by atoms with van der Waals surface area (Å²) in [5.41, 5.74) is 1.99. The average Bonchev–Trinajstić information content (AvgIpc) is 2.80. The summed E-state index contributed by atoms with van der Waals surface area (Å²) in [6.45, 7) is 0. The normalized spacial score (nSPS) is 11.3. The van der Waals surface area contributed by atoms with Crippen LogP contribution in [0.15, 0.2) is 82.4 Å². The van der Waals surface area contributed by atoms with E-state index < -0.39 is 11.5 Å². The van der Waals surface area contributed by atoms with Gasteiger partial charge in [0, 0.05) is 0 Å². The molecule has 3 aromatic carbocycles. The molecule has 0 unspecified atom stereocenters. The first kappa shape index (κ1) is 21.5. The molecule has 0 saturated carbocycles. The lowest BCUT2D eigenvalue weighted by atomic mass is 9.85. The molecule has 0 aliphatic carbocycles. The van der Waals surface area contributed by atoms with Gasteiger partial charge in [0.2, 0.25) is 0 Å². The number of hydrazone groups is 1. The summed E-state index contributed by atoms with van der Waals surface area (Å²) in [5.74, 6) is 0.449. The fraction of sp³-hybridized carbons (Fsp3) is 0.130. The highest BCUT2D eigenvalue weighted by atomic mass is 79.9. The molecule has 0 spiro atoms. The molecule has 7 heteroatoms. The minimum Gasteiger partial charge on any atom is -0.496 e. The maximum Gasteiger partial charge on any atom is 0.281 e. The number of nitrogens with one attached hydrogen (secondary N) is 1. The van der Waals surface area contributed by atoms with Gasteiger partial charge in [0.25, 0.3) is 5.91 Å². The zero-order valence-electron chi connectivity index (χ0n) is 16.5. The quantitative estimate of drug-likeness (QED) is 0.407. The van der Waals surface area contributed by atoms with Gasteiger partial charge in [-0.15, -0.1) is 0 Å². The molecule has 0 heterocycles. The summed E-state index contributed by atoms with van der Waals surface area (Å²) < 4.78 is 11.3. The van der Waals surface area contributed by atoms with Crippen molar-refractivity contribution in [2.45, 2.75) is 5.60 Å². The molecular weight excluding hydrogens is 448 g/mol. The van der Waals surface area contributed by atoms with Gasteiger partial charge in [-0.1, -0.05) is 60.7 Å². The Morgan fingerprint density at radius 2 is 1.43 bits per heavy atom. The first-order chi connectivity index (χ1) is 14.5. The van der Waals surface area contributed by atoms with Crippen LogP contribution in [-0.2, 0) is 10.4 Å². The van der Waals surface area contributed by atoms with E-state index in [-0.39, 0.29) is 0 Å². The summed E-state index contributed by atoms with van der Waals surface area (Å²) in [6, 6.07) is 20.9. The number of hydrogen-bond donors (Lipinski definition) is 2. The van der Waals surface area contributed by atoms with Gasteiger partial charge in [-0.25, -0.2) is 5.43 Å². The molecule has 2 N–H and O–H groups in total. The minimum atomic E-state index is -1.91. The van der Waals surface area contributed by atoms with Gasteiger partial charge in [-0.3, -0.25) is 4.79 Å². The summed E-state index contributed by atoms with van der Waals surface area (Å²) >= 11 is 3.45. The Morgan fingerprint density at radius 1 is 0.933 bits per heavy atom. The lowest BCUT2D eigenvalue weighted by Crippen LogP contribution is -2.43. The number of methoxy groups -OCH3 is 2. The molecule has 3 aromatic rings. The number of carbonyl (C=O) groups excluding carboxylic acids is 1. The lowest BCUT2D eigenvalue weighted by Gasteiger charge is -2.27. The number of aliphatic hydroxyl groups is 1. The number of amides is 1. The van der Waals surface area contributed by atoms with E-state index in [4.69, 9.17) is 9.47 Å². The standard InChI is InChI=1S/C23H21BrN2O4/c1-29-19-13-14-20(30-2)21(24)18(19)15-25-26-22(27)23(28,16-9-5-3-6-10-16)17-11-7-4-8-12-17/h3-15,28H,1-2H3,(H,26,27)/b25-15+. The first-order valence-corrected chi connectivity index (χ1v) is 9.89. The number of carbonyl (C=O) groups is 1. The van der Waals surface area contributed by atoms with E-state index in [0.717, 1.165) is 0 Å². The SMILES string of the molecule is COc1ccc(OC)c(/C=N/NC(=O)C(O)(c2ccccc2)c2ccccc2)c1Br. The predicted octanol–water partition coefficient (Wildman–Crippen LogP) is 3.85. The molecule has 154 valence electrons. The number of ether oxygens (including phenoxy) is 2. The van der Waals surface area contributed by atoms with Gasteiger partial charge in [-0.05, 0) is 39.2 Å². The topological polar surface area (TPSA) is 80.2 Å². The first-order valence-electron chi connectivity index (χ1n) is 9.09. The molecule has 0 aromatic heterocycles. The van der Waals surface area contributed by atoms with Crippen molar-refractivity contribution in [3.8, 4) is 11.5 Å². The van der Waals surface area contributed by atoms with Gasteiger partial charge in [0.1, 0.15) is 11.5 Å². The fourth-order valence-corrected chi connectivity index (χ4v) is 3.63. The van der Waals surface area contributed by atoms with E-state index in [9.17, 15) is 9.90 Å². The highest BCUT2D eigenvalue weighted by Gasteiger charge is 2.39. The summed E-state index contributed by atoms with van der Waals surface area (Å²) in [6.07, 6.45) is 1.43. The van der Waals surface area contributed by atoms with Crippen LogP contribution < -0.4 is 14.9 Å². The van der Waals surface area contributed by atoms with Gasteiger partial charge >= 0.3 is 0 Å². The van der Waals surface area contributed by atoms with E-state index in [1.807, 2.05) is 12.1 Å². The zero-order valence-corrected chi connectivity index (χ0v) is 18.1. The van der Waals surface area contributed by atoms with Gasteiger partial charge in [-0.2, -0.15) is 5.10 Å². The van der Waals surface area contributed by atoms with Crippen LogP contribution in [0.1, 0.15) is 16.7 Å². The highest BCUT2D eigenvalue weighted by molar-refractivity contribution is 9.10. The molecule has 0 saturated heterocycles. The third-order valence-corrected chi connectivity index (χ3v) is 5.43. The second-order valence-electron chi connectivity index (χ2n) is 6.34. The number of halogens is 1. The Bertz CT molecular complexity index is 1000. The Hall–Kier alpha value is -3.16. The molecule has 30 heavy (non-hydrogen) atoms. The van der Waals surface area contributed by atoms with Crippen molar-refractivity contribution in [1.82, 2.24) is 5.43 Å². The molecule has 1 amide bonds. The second kappa shape index (κ2) is 9.56. The molecule has 0 bridgehead atoms. The van der Waals surface area contributed by atoms with Crippen molar-refractivity contribution in [3.63, 3.8) is 0 Å². The molecule has 0 atom stereocenters. The Labute approximate surface area is 183 Å². The second-order valence-corrected chi connectivity index (χ2v) is 7.13. The van der Waals surface area contributed by atoms with Gasteiger partial charge < -0.3 is 14.6 Å². The van der Waals surface area contributed by atoms with Crippen LogP contribution >= 0.6 is 15.9 Å². The molecule has 3 rings (SSSR count). The highest BCUT2D eigenvalue weighted by Crippen LogP contribution is 2.34. The molecule has 0 aliphatic heterocycles. The minimum absolute atomic E-state index is 0.434. The maximum absolute atomic E-state index is 13.1. The smallest absolute Gasteiger partial charge is 0.281 e. The third-order valence-electron chi connectivity index (χ3n) is 4.62. The van der Waals surface area contributed by atoms with Crippen molar-refractivity contribution in [1.29, 1.82) is 0 Å². The van der Waals surface area contributed by atoms with Crippen molar-refractivity contribution in [2.75, 3.05) is 14.2 Å². The molecule has 0 fully saturated rings. The van der Waals surface area contributed by atoms with Crippen molar-refractivity contribution >= 4 is 28.1 Å². The van der Waals surface area contributed by atoms with E-state index in [1.54, 1.807) is 67.8 Å². The monoisotopic (exact) mass is 468 g/mol. The van der Waals surface area contributed by atoms with Crippen molar-refractivity contribution in [2.24, 2.45) is 5.10 Å². The Balaban J connectivity index is 1.93. The van der Waals surface area contributed by atoms with Gasteiger partial charge in [0.05, 0.1) is 30.5 Å². The molecule has 0 aliphatic rings. The predicted molar refractivity (Wildman–Crippen MR) is 119 cm³/mol. The van der Waals surface area contributed by atoms with Crippen LogP contribution in [0.5, 0.6) is 11.5 Å². The van der Waals surface area contributed by atoms with Gasteiger partial charge in [0.15, 0.2) is 5.60 Å². The van der Waals surface area contributed by atoms with Crippen LogP contribution in [0.3, 0.4) is 0 Å². The van der Waals surface area contributed by atoms with Crippen LogP contribution in [0, 0.1) is 0 Å². The molecule has 0 radical (unpaired) electrons. The number of nitrogens with zero attached hydrogens (tertiary/aromatic N) is 1. The third kappa shape index (κ3) is 4.22. The summed E-state index contributed by atoms with van der Waals surface area (Å²) in [5, 5.41) is 15.5. The van der Waals surface area contributed by atoms with E-state index in [0.29, 0.717) is 32.7 Å². The Morgan fingerprint density at radius 3 is 1.93 bits per heavy atom. The largest absolute Gasteiger partial charge is 0.496 e. The Kier molecular flexibility index (Phi) is 6.87. The molecular formula is C23H21BrN2O4. The van der Waals surface area contributed by atoms with Crippen molar-refractivity contribution < 1.29 is 19.4 Å². The number of benzene rings is 3. The average molecular weight is 469 g/mol. The fourth-order valence-electron chi connectivity index (χ4n) is 3.04. The van der Waals surface area contributed by atoms with Crippen LogP contribution in [0.25, 0.3) is 0 Å². The van der Waals surface area contributed by atoms with E-state index >= 15 is 0 Å². The number of rotatable bonds is 7. The summed E-state index contributed by atoms with van der Waals surface area (Å²) in [7, 11) is 3.09. The zero-order chi connectivity index (χ0) is 21.6. The lowest BCUT2D eigenvalue weighted by molar-refractivity contribution is -0.136. The number of hydrogen-bond acceptors (Lipinski definition) is 5. The van der Waals surface area contributed by atoms with E-state index in [1.165, 1.54) is 13.3 Å². The van der Waals surface area contributed by atoms with Crippen LogP contribution in [0.2, 0.25) is 0 Å². The van der Waals surface area contributed by atoms with E-state index in [2.05, 4.69) is 26.5 Å². The maximum atomic E-state index is 13.1. The van der Waals surface area contributed by atoms with Crippen LogP contribution in [0.4, 0.5) is 0 Å².